The van der Waals surface area contributed by atoms with E-state index in [2.05, 4.69) is 27.4 Å². The molecule has 3 fully saturated rings. The van der Waals surface area contributed by atoms with Gasteiger partial charge in [0.15, 0.2) is 6.29 Å². The molecule has 1 aliphatic heterocycles. The quantitative estimate of drug-likeness (QED) is 0.448. The predicted octanol–water partition coefficient (Wildman–Crippen LogP) is 4.73. The lowest BCUT2D eigenvalue weighted by Crippen LogP contribution is -2.50. The van der Waals surface area contributed by atoms with Gasteiger partial charge in [0.2, 0.25) is 0 Å². The maximum Gasteiger partial charge on any atom is 0.307 e. The van der Waals surface area contributed by atoms with Gasteiger partial charge in [0.1, 0.15) is 0 Å². The summed E-state index contributed by atoms with van der Waals surface area (Å²) in [5.41, 5.74) is 2.78. The molecule has 5 unspecified atom stereocenters. The maximum atomic E-state index is 11.2. The Morgan fingerprint density at radius 1 is 1.38 bits per heavy atom. The Morgan fingerprint density at radius 3 is 2.81 bits per heavy atom. The van der Waals surface area contributed by atoms with Gasteiger partial charge in [-0.05, 0) is 60.3 Å². The molecule has 0 aromatic carbocycles. The van der Waals surface area contributed by atoms with Crippen molar-refractivity contribution >= 4 is 5.97 Å². The zero-order valence-electron chi connectivity index (χ0n) is 16.7. The third-order valence-corrected chi connectivity index (χ3v) is 7.29. The molecule has 0 aromatic heterocycles. The topological polar surface area (TPSA) is 55.8 Å². The molecule has 0 aromatic rings. The number of allylic oxidation sites excluding steroid dienone is 1. The smallest absolute Gasteiger partial charge is 0.307 e. The van der Waals surface area contributed by atoms with Crippen molar-refractivity contribution in [2.75, 3.05) is 0 Å². The monoisotopic (exact) mass is 362 g/mol. The third-order valence-electron chi connectivity index (χ3n) is 7.29. The summed E-state index contributed by atoms with van der Waals surface area (Å²) in [5.74, 6) is 0.712. The first-order valence-electron chi connectivity index (χ1n) is 10.0. The van der Waals surface area contributed by atoms with Gasteiger partial charge in [-0.25, -0.2) is 0 Å². The average molecular weight is 363 g/mol. The molecule has 1 heterocycles. The van der Waals surface area contributed by atoms with E-state index in [0.29, 0.717) is 23.7 Å². The molecule has 2 saturated carbocycles. The van der Waals surface area contributed by atoms with Crippen LogP contribution in [0.1, 0.15) is 72.6 Å². The first-order chi connectivity index (χ1) is 12.1. The van der Waals surface area contributed by atoms with Crippen LogP contribution in [0.3, 0.4) is 0 Å². The number of carbonyl (C=O) groups excluding carboxylic acids is 1. The van der Waals surface area contributed by atoms with E-state index >= 15 is 0 Å². The molecule has 4 heteroatoms. The molecular weight excluding hydrogens is 328 g/mol. The summed E-state index contributed by atoms with van der Waals surface area (Å²) < 4.78 is 10.9. The van der Waals surface area contributed by atoms with Crippen molar-refractivity contribution in [1.29, 1.82) is 0 Å². The fourth-order valence-corrected chi connectivity index (χ4v) is 6.07. The van der Waals surface area contributed by atoms with Gasteiger partial charge in [0.25, 0.3) is 0 Å². The number of hydrogen-bond donors (Lipinski definition) is 1. The highest BCUT2D eigenvalue weighted by Gasteiger charge is 2.53. The van der Waals surface area contributed by atoms with Crippen molar-refractivity contribution in [2.24, 2.45) is 22.7 Å². The van der Waals surface area contributed by atoms with E-state index < -0.39 is 6.29 Å². The standard InChI is InChI=1S/C22H34O4/c1-14-7-8-19-21(3,4)9-6-10-22(19,5)17(14)12-18-16(11-20(24)26-18)13-25-15(2)23/h13,17-20,24H,1,6-12H2,2-5H3. The van der Waals surface area contributed by atoms with Crippen molar-refractivity contribution < 1.29 is 19.4 Å². The SMILES string of the molecule is C=C1CCC2C(C)(C)CCCC2(C)C1CC1OC(O)CC1=COC(C)=O. The van der Waals surface area contributed by atoms with Crippen LogP contribution >= 0.6 is 0 Å². The van der Waals surface area contributed by atoms with Gasteiger partial charge in [0.05, 0.1) is 12.4 Å². The van der Waals surface area contributed by atoms with Crippen LogP contribution < -0.4 is 0 Å². The van der Waals surface area contributed by atoms with Crippen LogP contribution in [0.2, 0.25) is 0 Å². The van der Waals surface area contributed by atoms with Crippen LogP contribution in [-0.4, -0.2) is 23.5 Å². The lowest BCUT2D eigenvalue weighted by molar-refractivity contribution is -0.135. The summed E-state index contributed by atoms with van der Waals surface area (Å²) in [6.07, 6.45) is 7.76. The van der Waals surface area contributed by atoms with Crippen LogP contribution in [0.25, 0.3) is 0 Å². The van der Waals surface area contributed by atoms with E-state index in [0.717, 1.165) is 18.4 Å². The first-order valence-corrected chi connectivity index (χ1v) is 10.0. The second-order valence-electron chi connectivity index (χ2n) is 9.47. The molecule has 146 valence electrons. The molecule has 1 saturated heterocycles. The third kappa shape index (κ3) is 3.63. The van der Waals surface area contributed by atoms with Crippen molar-refractivity contribution in [3.8, 4) is 0 Å². The van der Waals surface area contributed by atoms with Gasteiger partial charge >= 0.3 is 5.97 Å². The second kappa shape index (κ2) is 7.12. The van der Waals surface area contributed by atoms with E-state index in [1.807, 2.05) is 0 Å². The zero-order valence-corrected chi connectivity index (χ0v) is 16.7. The summed E-state index contributed by atoms with van der Waals surface area (Å²) in [5, 5.41) is 9.98. The van der Waals surface area contributed by atoms with E-state index in [1.165, 1.54) is 44.4 Å². The molecule has 26 heavy (non-hydrogen) atoms. The average Bonchev–Trinajstić information content (AvgIpc) is 2.88. The highest BCUT2D eigenvalue weighted by Crippen LogP contribution is 2.62. The van der Waals surface area contributed by atoms with E-state index in [1.54, 1.807) is 0 Å². The van der Waals surface area contributed by atoms with Gasteiger partial charge in [-0.2, -0.15) is 0 Å². The molecule has 0 bridgehead atoms. The fourth-order valence-electron chi connectivity index (χ4n) is 6.07. The lowest BCUT2D eigenvalue weighted by Gasteiger charge is -2.58. The number of esters is 1. The Kier molecular flexibility index (Phi) is 5.38. The van der Waals surface area contributed by atoms with E-state index in [-0.39, 0.29) is 17.5 Å². The lowest BCUT2D eigenvalue weighted by atomic mass is 9.47. The Labute approximate surface area is 157 Å². The molecular formula is C22H34O4. The van der Waals surface area contributed by atoms with Crippen molar-refractivity contribution in [3.05, 3.63) is 24.0 Å². The molecule has 4 nitrogen and oxygen atoms in total. The second-order valence-corrected chi connectivity index (χ2v) is 9.47. The van der Waals surface area contributed by atoms with Gasteiger partial charge < -0.3 is 14.6 Å². The molecule has 0 amide bonds. The molecule has 3 aliphatic rings. The molecule has 3 rings (SSSR count). The Morgan fingerprint density at radius 2 is 2.12 bits per heavy atom. The number of fused-ring (bicyclic) bond motifs is 1. The Hall–Kier alpha value is -1.13. The van der Waals surface area contributed by atoms with Crippen molar-refractivity contribution in [3.63, 3.8) is 0 Å². The molecule has 1 N–H and O–H groups in total. The summed E-state index contributed by atoms with van der Waals surface area (Å²) in [4.78, 5) is 11.2. The number of carbonyl (C=O) groups is 1. The number of hydrogen-bond acceptors (Lipinski definition) is 4. The zero-order chi connectivity index (χ0) is 19.1. The maximum absolute atomic E-state index is 11.2. The van der Waals surface area contributed by atoms with Crippen LogP contribution in [0, 0.1) is 22.7 Å². The largest absolute Gasteiger partial charge is 0.435 e. The minimum atomic E-state index is -0.815. The highest BCUT2D eigenvalue weighted by molar-refractivity contribution is 5.66. The Balaban J connectivity index is 1.83. The molecule has 0 radical (unpaired) electrons. The van der Waals surface area contributed by atoms with Crippen LogP contribution in [-0.2, 0) is 14.3 Å². The number of aliphatic hydroxyl groups is 1. The van der Waals surface area contributed by atoms with Gasteiger partial charge in [-0.1, -0.05) is 39.3 Å². The van der Waals surface area contributed by atoms with Crippen molar-refractivity contribution in [2.45, 2.75) is 85.0 Å². The van der Waals surface area contributed by atoms with Crippen molar-refractivity contribution in [1.82, 2.24) is 0 Å². The van der Waals surface area contributed by atoms with Gasteiger partial charge in [-0.15, -0.1) is 0 Å². The molecule has 2 aliphatic carbocycles. The minimum Gasteiger partial charge on any atom is -0.435 e. The van der Waals surface area contributed by atoms with Crippen LogP contribution in [0.5, 0.6) is 0 Å². The van der Waals surface area contributed by atoms with Crippen LogP contribution in [0.15, 0.2) is 24.0 Å². The molecule has 0 spiro atoms. The summed E-state index contributed by atoms with van der Waals surface area (Å²) in [6.45, 7) is 13.1. The fraction of sp³-hybridized carbons (Fsp3) is 0.773. The van der Waals surface area contributed by atoms with Gasteiger partial charge in [-0.3, -0.25) is 4.79 Å². The summed E-state index contributed by atoms with van der Waals surface area (Å²) in [6, 6.07) is 0. The Bertz CT molecular complexity index is 605. The predicted molar refractivity (Wildman–Crippen MR) is 101 cm³/mol. The molecule has 5 atom stereocenters. The van der Waals surface area contributed by atoms with Crippen LogP contribution in [0.4, 0.5) is 0 Å². The number of aliphatic hydroxyl groups excluding tert-OH is 1. The first kappa shape index (κ1) is 19.6. The van der Waals surface area contributed by atoms with Gasteiger partial charge in [0, 0.05) is 13.3 Å². The number of ether oxygens (including phenoxy) is 2. The highest BCUT2D eigenvalue weighted by atomic mass is 16.6. The minimum absolute atomic E-state index is 0.202. The van der Waals surface area contributed by atoms with E-state index in [4.69, 9.17) is 9.47 Å². The summed E-state index contributed by atoms with van der Waals surface area (Å²) >= 11 is 0. The summed E-state index contributed by atoms with van der Waals surface area (Å²) in [7, 11) is 0. The normalized spacial score (nSPS) is 41.1. The number of rotatable bonds is 3. The van der Waals surface area contributed by atoms with E-state index in [9.17, 15) is 9.90 Å².